The topological polar surface area (TPSA) is 65.5 Å². The van der Waals surface area contributed by atoms with Gasteiger partial charge < -0.3 is 10.4 Å². The van der Waals surface area contributed by atoms with E-state index in [4.69, 9.17) is 0 Å². The van der Waals surface area contributed by atoms with Crippen molar-refractivity contribution >= 4 is 17.2 Å². The number of piperidine rings is 3. The number of benzene rings is 1. The molecule has 0 aliphatic carbocycles. The summed E-state index contributed by atoms with van der Waals surface area (Å²) in [6.07, 6.45) is 3.94. The number of aromatic nitrogens is 1. The van der Waals surface area contributed by atoms with Crippen LogP contribution >= 0.6 is 11.3 Å². The molecule has 3 aliphatic rings. The highest BCUT2D eigenvalue weighted by molar-refractivity contribution is 7.16. The maximum atomic E-state index is 12.6. The maximum absolute atomic E-state index is 12.6. The Morgan fingerprint density at radius 2 is 2.08 bits per heavy atom. The van der Waals surface area contributed by atoms with Gasteiger partial charge in [0.1, 0.15) is 15.6 Å². The number of hydrogen-bond acceptors (Lipinski definition) is 5. The number of hydrogen-bond donors (Lipinski definition) is 2. The van der Waals surface area contributed by atoms with Crippen LogP contribution in [0.25, 0.3) is 10.6 Å². The molecule has 1 amide bonds. The van der Waals surface area contributed by atoms with Gasteiger partial charge in [-0.25, -0.2) is 4.98 Å². The molecule has 2 N–H and O–H groups in total. The molecule has 1 aromatic carbocycles. The summed E-state index contributed by atoms with van der Waals surface area (Å²) in [4.78, 5) is 20.0. The number of thiazole rings is 1. The third-order valence-electron chi connectivity index (χ3n) is 5.34. The Morgan fingerprint density at radius 1 is 1.33 bits per heavy atom. The fourth-order valence-electron chi connectivity index (χ4n) is 3.93. The number of aromatic hydroxyl groups is 1. The van der Waals surface area contributed by atoms with Crippen molar-refractivity contribution in [2.75, 3.05) is 13.1 Å². The van der Waals surface area contributed by atoms with Crippen molar-refractivity contribution in [1.82, 2.24) is 15.2 Å². The van der Waals surface area contributed by atoms with Gasteiger partial charge in [0.25, 0.3) is 5.91 Å². The van der Waals surface area contributed by atoms with Crippen molar-refractivity contribution in [1.29, 1.82) is 0 Å². The highest BCUT2D eigenvalue weighted by Crippen LogP contribution is 2.34. The van der Waals surface area contributed by atoms with Crippen LogP contribution in [0, 0.1) is 5.92 Å². The van der Waals surface area contributed by atoms with Crippen molar-refractivity contribution in [3.8, 4) is 16.3 Å². The van der Waals surface area contributed by atoms with Gasteiger partial charge in [-0.1, -0.05) is 12.1 Å². The fourth-order valence-corrected chi connectivity index (χ4v) is 4.78. The lowest BCUT2D eigenvalue weighted by Gasteiger charge is -2.49. The number of nitrogens with one attached hydrogen (secondary N) is 1. The first-order valence-corrected chi connectivity index (χ1v) is 9.24. The standard InChI is InChI=1S/C18H21N3O2S/c1-11-16(12-6-8-21(11)9-7-12)20-17(23)15-10-19-18(24-15)13-4-2-3-5-14(13)22/h2-5,10-12,16,22H,6-9H2,1H3,(H,20,23)/t11-,16-/m0/s1. The van der Waals surface area contributed by atoms with Crippen LogP contribution in [-0.2, 0) is 0 Å². The fraction of sp³-hybridized carbons (Fsp3) is 0.444. The molecule has 126 valence electrons. The normalized spacial score (nSPS) is 28.7. The van der Waals surface area contributed by atoms with E-state index >= 15 is 0 Å². The molecule has 5 rings (SSSR count). The minimum absolute atomic E-state index is 0.0558. The molecular formula is C18H21N3O2S. The summed E-state index contributed by atoms with van der Waals surface area (Å²) < 4.78 is 0. The highest BCUT2D eigenvalue weighted by Gasteiger charge is 2.40. The second-order valence-corrected chi connectivity index (χ2v) is 7.69. The number of carbonyl (C=O) groups excluding carboxylic acids is 1. The zero-order valence-corrected chi connectivity index (χ0v) is 14.4. The van der Waals surface area contributed by atoms with Crippen molar-refractivity contribution in [2.24, 2.45) is 5.92 Å². The summed E-state index contributed by atoms with van der Waals surface area (Å²) in [5.41, 5.74) is 0.665. The first-order chi connectivity index (χ1) is 11.6. The molecule has 3 saturated heterocycles. The Hall–Kier alpha value is -1.92. The van der Waals surface area contributed by atoms with E-state index in [9.17, 15) is 9.90 Å². The number of rotatable bonds is 3. The molecule has 2 atom stereocenters. The lowest BCUT2D eigenvalue weighted by atomic mass is 9.79. The second-order valence-electron chi connectivity index (χ2n) is 6.66. The van der Waals surface area contributed by atoms with Gasteiger partial charge in [0.15, 0.2) is 0 Å². The summed E-state index contributed by atoms with van der Waals surface area (Å²) in [5.74, 6) is 0.712. The van der Waals surface area contributed by atoms with Crippen LogP contribution < -0.4 is 5.32 Å². The van der Waals surface area contributed by atoms with E-state index in [0.717, 1.165) is 13.1 Å². The molecule has 24 heavy (non-hydrogen) atoms. The van der Waals surface area contributed by atoms with Crippen LogP contribution in [0.1, 0.15) is 29.4 Å². The van der Waals surface area contributed by atoms with Gasteiger partial charge in [-0.15, -0.1) is 11.3 Å². The summed E-state index contributed by atoms with van der Waals surface area (Å²) in [7, 11) is 0. The van der Waals surface area contributed by atoms with E-state index in [1.807, 2.05) is 12.1 Å². The Balaban J connectivity index is 1.51. The van der Waals surface area contributed by atoms with Crippen molar-refractivity contribution in [3.05, 3.63) is 35.3 Å². The van der Waals surface area contributed by atoms with Crippen LogP contribution in [0.15, 0.2) is 30.5 Å². The number of amides is 1. The summed E-state index contributed by atoms with van der Waals surface area (Å²) in [6, 6.07) is 7.68. The molecule has 0 radical (unpaired) electrons. The molecule has 0 saturated carbocycles. The number of phenols is 1. The largest absolute Gasteiger partial charge is 0.507 e. The lowest BCUT2D eigenvalue weighted by molar-refractivity contribution is 0.0218. The van der Waals surface area contributed by atoms with Crippen molar-refractivity contribution in [3.63, 3.8) is 0 Å². The zero-order valence-electron chi connectivity index (χ0n) is 13.6. The average molecular weight is 343 g/mol. The molecule has 4 heterocycles. The van der Waals surface area contributed by atoms with Gasteiger partial charge in [-0.2, -0.15) is 0 Å². The lowest BCUT2D eigenvalue weighted by Crippen LogP contribution is -2.62. The van der Waals surface area contributed by atoms with Gasteiger partial charge in [-0.05, 0) is 50.9 Å². The van der Waals surface area contributed by atoms with Gasteiger partial charge in [0.2, 0.25) is 0 Å². The van der Waals surface area contributed by atoms with E-state index in [2.05, 4.69) is 22.1 Å². The van der Waals surface area contributed by atoms with Crippen LogP contribution in [0.4, 0.5) is 0 Å². The Labute approximate surface area is 145 Å². The van der Waals surface area contributed by atoms with E-state index in [-0.39, 0.29) is 17.7 Å². The Kier molecular flexibility index (Phi) is 4.02. The molecule has 3 aliphatic heterocycles. The number of nitrogens with zero attached hydrogens (tertiary/aromatic N) is 2. The number of phenolic OH excluding ortho intramolecular Hbond substituents is 1. The Morgan fingerprint density at radius 3 is 2.79 bits per heavy atom. The first-order valence-electron chi connectivity index (χ1n) is 8.42. The summed E-state index contributed by atoms with van der Waals surface area (Å²) in [5, 5.41) is 13.8. The van der Waals surface area contributed by atoms with Crippen LogP contribution in [0.3, 0.4) is 0 Å². The Bertz CT molecular complexity index is 750. The van der Waals surface area contributed by atoms with Crippen LogP contribution in [-0.4, -0.2) is 46.1 Å². The predicted octanol–water partition coefficient (Wildman–Crippen LogP) is 2.73. The van der Waals surface area contributed by atoms with Gasteiger partial charge in [0, 0.05) is 12.1 Å². The minimum Gasteiger partial charge on any atom is -0.507 e. The summed E-state index contributed by atoms with van der Waals surface area (Å²) >= 11 is 1.32. The van der Waals surface area contributed by atoms with Gasteiger partial charge in [-0.3, -0.25) is 9.69 Å². The molecule has 0 spiro atoms. The van der Waals surface area contributed by atoms with Gasteiger partial charge in [0.05, 0.1) is 11.8 Å². The quantitative estimate of drug-likeness (QED) is 0.899. The third-order valence-corrected chi connectivity index (χ3v) is 6.37. The van der Waals surface area contributed by atoms with Crippen molar-refractivity contribution in [2.45, 2.75) is 31.8 Å². The van der Waals surface area contributed by atoms with E-state index < -0.39 is 0 Å². The molecular weight excluding hydrogens is 322 g/mol. The van der Waals surface area contributed by atoms with Crippen LogP contribution in [0.2, 0.25) is 0 Å². The number of carbonyl (C=O) groups is 1. The second kappa shape index (κ2) is 6.18. The summed E-state index contributed by atoms with van der Waals surface area (Å²) in [6.45, 7) is 4.50. The van der Waals surface area contributed by atoms with Crippen LogP contribution in [0.5, 0.6) is 5.75 Å². The maximum Gasteiger partial charge on any atom is 0.263 e. The minimum atomic E-state index is -0.0558. The smallest absolute Gasteiger partial charge is 0.263 e. The van der Waals surface area contributed by atoms with Gasteiger partial charge >= 0.3 is 0 Å². The zero-order chi connectivity index (χ0) is 16.7. The number of fused-ring (bicyclic) bond motifs is 3. The molecule has 3 fully saturated rings. The molecule has 2 aromatic rings. The molecule has 5 nitrogen and oxygen atoms in total. The van der Waals surface area contributed by atoms with E-state index in [0.29, 0.717) is 27.4 Å². The average Bonchev–Trinajstić information content (AvgIpc) is 3.09. The first kappa shape index (κ1) is 15.6. The predicted molar refractivity (Wildman–Crippen MR) is 94.2 cm³/mol. The molecule has 2 bridgehead atoms. The molecule has 6 heteroatoms. The highest BCUT2D eigenvalue weighted by atomic mass is 32.1. The van der Waals surface area contributed by atoms with E-state index in [1.165, 1.54) is 24.2 Å². The third kappa shape index (κ3) is 2.70. The molecule has 1 aromatic heterocycles. The SMILES string of the molecule is C[C@H]1[C@H](NC(=O)c2cnc(-c3ccccc3O)s2)C2CCN1CC2. The number of para-hydroxylation sites is 1. The van der Waals surface area contributed by atoms with Crippen molar-refractivity contribution < 1.29 is 9.90 Å². The molecule has 0 unspecified atom stereocenters. The monoisotopic (exact) mass is 343 g/mol. The van der Waals surface area contributed by atoms with E-state index in [1.54, 1.807) is 18.3 Å².